The first kappa shape index (κ1) is 22.2. The van der Waals surface area contributed by atoms with Gasteiger partial charge in [0.2, 0.25) is 0 Å². The topological polar surface area (TPSA) is 6.48 Å². The summed E-state index contributed by atoms with van der Waals surface area (Å²) in [6.07, 6.45) is 5.62. The van der Waals surface area contributed by atoms with Crippen LogP contribution in [0.3, 0.4) is 0 Å². The van der Waals surface area contributed by atoms with Crippen molar-refractivity contribution in [2.75, 3.05) is 26.2 Å². The average Bonchev–Trinajstić information content (AvgIpc) is 2.53. The van der Waals surface area contributed by atoms with Gasteiger partial charge in [-0.2, -0.15) is 0 Å². The molecule has 2 nitrogen and oxygen atoms in total. The third kappa shape index (κ3) is 4.85. The molecule has 26 heavy (non-hydrogen) atoms. The van der Waals surface area contributed by atoms with Crippen LogP contribution in [0.2, 0.25) is 0 Å². The van der Waals surface area contributed by atoms with Crippen molar-refractivity contribution in [2.45, 2.75) is 100 Å². The molecular weight excluding hydrogens is 316 g/mol. The number of rotatable bonds is 4. The first-order valence-electron chi connectivity index (χ1n) is 11.5. The number of likely N-dealkylation sites (tertiary alicyclic amines) is 2. The van der Waals surface area contributed by atoms with Crippen molar-refractivity contribution >= 4 is 0 Å². The second kappa shape index (κ2) is 8.52. The maximum absolute atomic E-state index is 2.83. The van der Waals surface area contributed by atoms with Gasteiger partial charge in [0.25, 0.3) is 0 Å². The van der Waals surface area contributed by atoms with Crippen LogP contribution >= 0.6 is 0 Å². The van der Waals surface area contributed by atoms with Crippen molar-refractivity contribution in [3.8, 4) is 0 Å². The van der Waals surface area contributed by atoms with Gasteiger partial charge in [-0.1, -0.05) is 55.4 Å². The summed E-state index contributed by atoms with van der Waals surface area (Å²) in [6.45, 7) is 27.2. The highest BCUT2D eigenvalue weighted by Crippen LogP contribution is 2.47. The van der Waals surface area contributed by atoms with Gasteiger partial charge in [0.15, 0.2) is 0 Å². The molecule has 0 aliphatic carbocycles. The summed E-state index contributed by atoms with van der Waals surface area (Å²) in [6, 6.07) is 1.49. The number of piperidine rings is 2. The van der Waals surface area contributed by atoms with E-state index in [1.54, 1.807) is 0 Å². The number of nitrogens with zero attached hydrogens (tertiary/aromatic N) is 2. The van der Waals surface area contributed by atoms with E-state index in [0.717, 1.165) is 23.8 Å². The number of hydrogen-bond donors (Lipinski definition) is 0. The van der Waals surface area contributed by atoms with Gasteiger partial charge >= 0.3 is 0 Å². The van der Waals surface area contributed by atoms with Crippen LogP contribution in [0.1, 0.15) is 88.0 Å². The second-order valence-corrected chi connectivity index (χ2v) is 11.4. The lowest BCUT2D eigenvalue weighted by Crippen LogP contribution is -2.55. The van der Waals surface area contributed by atoms with E-state index in [9.17, 15) is 0 Å². The Hall–Kier alpha value is -0.0800. The minimum Gasteiger partial charge on any atom is -0.301 e. The zero-order chi connectivity index (χ0) is 19.7. The molecule has 0 aromatic heterocycles. The average molecular weight is 365 g/mol. The van der Waals surface area contributed by atoms with Gasteiger partial charge in [-0.15, -0.1) is 0 Å². The van der Waals surface area contributed by atoms with Crippen molar-refractivity contribution in [1.29, 1.82) is 0 Å². The minimum atomic E-state index is 0.390. The molecule has 5 atom stereocenters. The van der Waals surface area contributed by atoms with E-state index in [0.29, 0.717) is 16.9 Å². The molecular formula is C24H48N2. The highest BCUT2D eigenvalue weighted by Gasteiger charge is 2.45. The highest BCUT2D eigenvalue weighted by atomic mass is 15.2. The highest BCUT2D eigenvalue weighted by molar-refractivity contribution is 4.97. The van der Waals surface area contributed by atoms with Gasteiger partial charge in [-0.05, 0) is 87.4 Å². The Morgan fingerprint density at radius 3 is 1.92 bits per heavy atom. The SMILES string of the molecule is CCN1CCC(C[C@H]2[C@H](C(C)(C)C)CCCN2CC)C(C(C)(C)C)C1C. The quantitative estimate of drug-likeness (QED) is 0.611. The van der Waals surface area contributed by atoms with Crippen molar-refractivity contribution in [1.82, 2.24) is 9.80 Å². The van der Waals surface area contributed by atoms with E-state index in [4.69, 9.17) is 0 Å². The predicted octanol–water partition coefficient (Wildman–Crippen LogP) is 5.92. The lowest BCUT2D eigenvalue weighted by atomic mass is 9.62. The van der Waals surface area contributed by atoms with Gasteiger partial charge < -0.3 is 9.80 Å². The first-order chi connectivity index (χ1) is 12.0. The Balaban J connectivity index is 2.26. The monoisotopic (exact) mass is 364 g/mol. The molecule has 2 aliphatic heterocycles. The van der Waals surface area contributed by atoms with Gasteiger partial charge in [-0.3, -0.25) is 0 Å². The molecule has 3 unspecified atom stereocenters. The maximum atomic E-state index is 2.83. The molecule has 2 saturated heterocycles. The molecule has 154 valence electrons. The molecule has 0 amide bonds. The molecule has 2 aliphatic rings. The molecule has 0 aromatic carbocycles. The molecule has 2 heteroatoms. The zero-order valence-corrected chi connectivity index (χ0v) is 19.4. The Labute approximate surface area is 165 Å². The van der Waals surface area contributed by atoms with E-state index < -0.39 is 0 Å². The third-order valence-corrected chi connectivity index (χ3v) is 7.75. The van der Waals surface area contributed by atoms with Crippen LogP contribution in [-0.4, -0.2) is 48.1 Å². The second-order valence-electron chi connectivity index (χ2n) is 11.4. The smallest absolute Gasteiger partial charge is 0.0131 e. The van der Waals surface area contributed by atoms with Crippen molar-refractivity contribution in [3.05, 3.63) is 0 Å². The summed E-state index contributed by atoms with van der Waals surface area (Å²) in [5.41, 5.74) is 0.812. The van der Waals surface area contributed by atoms with Crippen LogP contribution in [0.25, 0.3) is 0 Å². The lowest BCUT2D eigenvalue weighted by Gasteiger charge is -2.53. The van der Waals surface area contributed by atoms with Crippen LogP contribution in [0, 0.1) is 28.6 Å². The van der Waals surface area contributed by atoms with Gasteiger partial charge in [0, 0.05) is 12.1 Å². The summed E-state index contributed by atoms with van der Waals surface area (Å²) < 4.78 is 0. The fraction of sp³-hybridized carbons (Fsp3) is 1.00. The molecule has 0 spiro atoms. The van der Waals surface area contributed by atoms with Crippen molar-refractivity contribution in [3.63, 3.8) is 0 Å². The van der Waals surface area contributed by atoms with E-state index in [1.807, 2.05) is 0 Å². The normalized spacial score (nSPS) is 35.7. The zero-order valence-electron chi connectivity index (χ0n) is 19.4. The molecule has 0 aromatic rings. The maximum Gasteiger partial charge on any atom is 0.0131 e. The predicted molar refractivity (Wildman–Crippen MR) is 116 cm³/mol. The van der Waals surface area contributed by atoms with Gasteiger partial charge in [0.05, 0.1) is 0 Å². The minimum absolute atomic E-state index is 0.390. The summed E-state index contributed by atoms with van der Waals surface area (Å²) >= 11 is 0. The summed E-state index contributed by atoms with van der Waals surface area (Å²) in [4.78, 5) is 5.56. The van der Waals surface area contributed by atoms with Crippen LogP contribution in [0.5, 0.6) is 0 Å². The van der Waals surface area contributed by atoms with E-state index in [-0.39, 0.29) is 0 Å². The standard InChI is InChI=1S/C24H48N2/c1-10-25-16-14-19(22(18(25)3)24(7,8)9)17-21-20(23(4,5)6)13-12-15-26(21)11-2/h18-22H,10-17H2,1-9H3/t18?,19?,20-,21+,22?/m1/s1. The van der Waals surface area contributed by atoms with Gasteiger partial charge in [0.1, 0.15) is 0 Å². The lowest BCUT2D eigenvalue weighted by molar-refractivity contribution is -0.0381. The van der Waals surface area contributed by atoms with Gasteiger partial charge in [-0.25, -0.2) is 0 Å². The summed E-state index contributed by atoms with van der Waals surface area (Å²) in [5, 5.41) is 0. The molecule has 0 N–H and O–H groups in total. The number of hydrogen-bond acceptors (Lipinski definition) is 2. The van der Waals surface area contributed by atoms with Crippen LogP contribution in [0.15, 0.2) is 0 Å². The Bertz CT molecular complexity index is 430. The summed E-state index contributed by atoms with van der Waals surface area (Å²) in [5.74, 6) is 2.52. The van der Waals surface area contributed by atoms with Crippen LogP contribution < -0.4 is 0 Å². The largest absolute Gasteiger partial charge is 0.301 e. The third-order valence-electron chi connectivity index (χ3n) is 7.75. The van der Waals surface area contributed by atoms with E-state index >= 15 is 0 Å². The fourth-order valence-electron chi connectivity index (χ4n) is 6.63. The Morgan fingerprint density at radius 2 is 1.42 bits per heavy atom. The van der Waals surface area contributed by atoms with E-state index in [1.165, 1.54) is 51.9 Å². The molecule has 2 rings (SSSR count). The molecule has 0 saturated carbocycles. The molecule has 2 fully saturated rings. The first-order valence-corrected chi connectivity index (χ1v) is 11.5. The van der Waals surface area contributed by atoms with Crippen molar-refractivity contribution in [2.24, 2.45) is 28.6 Å². The fourth-order valence-corrected chi connectivity index (χ4v) is 6.63. The summed E-state index contributed by atoms with van der Waals surface area (Å²) in [7, 11) is 0. The Kier molecular flexibility index (Phi) is 7.27. The molecule has 0 bridgehead atoms. The van der Waals surface area contributed by atoms with Crippen molar-refractivity contribution < 1.29 is 0 Å². The van der Waals surface area contributed by atoms with E-state index in [2.05, 4.69) is 72.1 Å². The van der Waals surface area contributed by atoms with Crippen LogP contribution in [0.4, 0.5) is 0 Å². The Morgan fingerprint density at radius 1 is 0.808 bits per heavy atom. The van der Waals surface area contributed by atoms with Crippen LogP contribution in [-0.2, 0) is 0 Å². The molecule has 2 heterocycles. The molecule has 0 radical (unpaired) electrons.